The van der Waals surface area contributed by atoms with E-state index < -0.39 is 0 Å². The first-order valence-corrected chi connectivity index (χ1v) is 8.24. The van der Waals surface area contributed by atoms with Crippen molar-refractivity contribution in [2.75, 3.05) is 6.54 Å². The lowest BCUT2D eigenvalue weighted by Gasteiger charge is -2.36. The maximum Gasteiger partial charge on any atom is 0.220 e. The second-order valence-electron chi connectivity index (χ2n) is 6.70. The van der Waals surface area contributed by atoms with Crippen molar-refractivity contribution in [2.45, 2.75) is 83.1 Å². The molecule has 3 N–H and O–H groups in total. The summed E-state index contributed by atoms with van der Waals surface area (Å²) in [5.41, 5.74) is 6.07. The van der Waals surface area contributed by atoms with Gasteiger partial charge in [-0.25, -0.2) is 0 Å². The zero-order valence-corrected chi connectivity index (χ0v) is 13.5. The second kappa shape index (κ2) is 8.89. The SMILES string of the molecule is Cl.NCC1(CC(=O)NC2CCCCCC2)CCCCC1. The summed E-state index contributed by atoms with van der Waals surface area (Å²) >= 11 is 0. The summed E-state index contributed by atoms with van der Waals surface area (Å²) in [6.07, 6.45) is 14.3. The van der Waals surface area contributed by atoms with E-state index in [1.54, 1.807) is 0 Å². The van der Waals surface area contributed by atoms with Crippen LogP contribution in [0.15, 0.2) is 0 Å². The van der Waals surface area contributed by atoms with Crippen LogP contribution in [0.25, 0.3) is 0 Å². The number of carbonyl (C=O) groups excluding carboxylic acids is 1. The maximum atomic E-state index is 12.3. The summed E-state index contributed by atoms with van der Waals surface area (Å²) in [4.78, 5) is 12.3. The smallest absolute Gasteiger partial charge is 0.220 e. The molecule has 0 aliphatic heterocycles. The molecule has 1 amide bonds. The number of hydrogen-bond acceptors (Lipinski definition) is 2. The van der Waals surface area contributed by atoms with Crippen molar-refractivity contribution in [3.05, 3.63) is 0 Å². The molecule has 0 aromatic heterocycles. The first kappa shape index (κ1) is 17.8. The second-order valence-corrected chi connectivity index (χ2v) is 6.70. The molecule has 2 aliphatic carbocycles. The number of nitrogens with one attached hydrogen (secondary N) is 1. The highest BCUT2D eigenvalue weighted by atomic mass is 35.5. The first-order valence-electron chi connectivity index (χ1n) is 8.24. The molecule has 0 atom stereocenters. The summed E-state index contributed by atoms with van der Waals surface area (Å²) in [6.45, 7) is 0.672. The summed E-state index contributed by atoms with van der Waals surface area (Å²) in [7, 11) is 0. The Morgan fingerprint density at radius 2 is 1.55 bits per heavy atom. The highest BCUT2D eigenvalue weighted by Gasteiger charge is 2.33. The van der Waals surface area contributed by atoms with Gasteiger partial charge in [-0.05, 0) is 37.6 Å². The van der Waals surface area contributed by atoms with Gasteiger partial charge in [0.15, 0.2) is 0 Å². The van der Waals surface area contributed by atoms with Crippen molar-refractivity contribution < 1.29 is 4.79 Å². The van der Waals surface area contributed by atoms with Crippen LogP contribution in [0.4, 0.5) is 0 Å². The molecule has 2 rings (SSSR count). The molecule has 0 radical (unpaired) electrons. The summed E-state index contributed by atoms with van der Waals surface area (Å²) in [6, 6.07) is 0.424. The van der Waals surface area contributed by atoms with Gasteiger partial charge in [0.05, 0.1) is 0 Å². The highest BCUT2D eigenvalue weighted by Crippen LogP contribution is 2.38. The van der Waals surface area contributed by atoms with E-state index in [2.05, 4.69) is 5.32 Å². The molecule has 0 heterocycles. The van der Waals surface area contributed by atoms with Gasteiger partial charge in [-0.3, -0.25) is 4.79 Å². The van der Waals surface area contributed by atoms with Gasteiger partial charge in [-0.2, -0.15) is 0 Å². The van der Waals surface area contributed by atoms with E-state index in [-0.39, 0.29) is 23.7 Å². The quantitative estimate of drug-likeness (QED) is 0.780. The fourth-order valence-corrected chi connectivity index (χ4v) is 3.80. The predicted octanol–water partition coefficient (Wildman–Crippen LogP) is 3.55. The van der Waals surface area contributed by atoms with Crippen molar-refractivity contribution in [3.8, 4) is 0 Å². The van der Waals surface area contributed by atoms with E-state index in [1.165, 1.54) is 57.8 Å². The maximum absolute atomic E-state index is 12.3. The third-order valence-corrected chi connectivity index (χ3v) is 5.10. The Morgan fingerprint density at radius 1 is 1.00 bits per heavy atom. The first-order chi connectivity index (χ1) is 9.24. The van der Waals surface area contributed by atoms with Gasteiger partial charge in [-0.1, -0.05) is 44.9 Å². The van der Waals surface area contributed by atoms with Gasteiger partial charge >= 0.3 is 0 Å². The number of hydrogen-bond donors (Lipinski definition) is 2. The molecule has 2 aliphatic rings. The van der Waals surface area contributed by atoms with Gasteiger partial charge in [0, 0.05) is 12.5 Å². The Kier molecular flexibility index (Phi) is 7.90. The molecular weight excluding hydrogens is 272 g/mol. The standard InChI is InChI=1S/C16H30N2O.ClH/c17-13-16(10-6-3-7-11-16)12-15(19)18-14-8-4-1-2-5-9-14;/h14H,1-13,17H2,(H,18,19);1H. The molecule has 2 fully saturated rings. The third kappa shape index (κ3) is 5.25. The molecule has 0 aromatic rings. The largest absolute Gasteiger partial charge is 0.353 e. The lowest BCUT2D eigenvalue weighted by Crippen LogP contribution is -2.41. The summed E-state index contributed by atoms with van der Waals surface area (Å²) in [5.74, 6) is 0.249. The molecule has 4 heteroatoms. The fourth-order valence-electron chi connectivity index (χ4n) is 3.80. The van der Waals surface area contributed by atoms with E-state index in [1.807, 2.05) is 0 Å². The monoisotopic (exact) mass is 302 g/mol. The van der Waals surface area contributed by atoms with Crippen LogP contribution < -0.4 is 11.1 Å². The number of nitrogens with two attached hydrogens (primary N) is 1. The Balaban J connectivity index is 0.00000200. The number of carbonyl (C=O) groups is 1. The Hall–Kier alpha value is -0.280. The molecule has 0 bridgehead atoms. The van der Waals surface area contributed by atoms with E-state index >= 15 is 0 Å². The average molecular weight is 303 g/mol. The minimum atomic E-state index is 0. The zero-order valence-electron chi connectivity index (χ0n) is 12.7. The molecule has 118 valence electrons. The molecule has 0 saturated heterocycles. The van der Waals surface area contributed by atoms with Gasteiger partial charge in [0.25, 0.3) is 0 Å². The van der Waals surface area contributed by atoms with Crippen molar-refractivity contribution in [3.63, 3.8) is 0 Å². The van der Waals surface area contributed by atoms with E-state index in [9.17, 15) is 4.79 Å². The molecule has 0 unspecified atom stereocenters. The van der Waals surface area contributed by atoms with Crippen LogP contribution in [0.3, 0.4) is 0 Å². The van der Waals surface area contributed by atoms with Crippen molar-refractivity contribution >= 4 is 18.3 Å². The van der Waals surface area contributed by atoms with Crippen LogP contribution in [-0.4, -0.2) is 18.5 Å². The third-order valence-electron chi connectivity index (χ3n) is 5.10. The Morgan fingerprint density at radius 3 is 2.10 bits per heavy atom. The Bertz CT molecular complexity index is 282. The molecule has 3 nitrogen and oxygen atoms in total. The average Bonchev–Trinajstić information content (AvgIpc) is 2.68. The number of halogens is 1. The minimum Gasteiger partial charge on any atom is -0.353 e. The van der Waals surface area contributed by atoms with Gasteiger partial charge in [-0.15, -0.1) is 12.4 Å². The minimum absolute atomic E-state index is 0. The van der Waals surface area contributed by atoms with E-state index in [0.717, 1.165) is 12.8 Å². The highest BCUT2D eigenvalue weighted by molar-refractivity contribution is 5.85. The van der Waals surface area contributed by atoms with Gasteiger partial charge < -0.3 is 11.1 Å². The van der Waals surface area contributed by atoms with Crippen LogP contribution in [-0.2, 0) is 4.79 Å². The van der Waals surface area contributed by atoms with Crippen LogP contribution in [0, 0.1) is 5.41 Å². The van der Waals surface area contributed by atoms with E-state index in [0.29, 0.717) is 19.0 Å². The molecule has 0 spiro atoms. The molecule has 20 heavy (non-hydrogen) atoms. The summed E-state index contributed by atoms with van der Waals surface area (Å²) in [5, 5.41) is 3.27. The van der Waals surface area contributed by atoms with Crippen LogP contribution in [0.5, 0.6) is 0 Å². The van der Waals surface area contributed by atoms with Crippen molar-refractivity contribution in [1.29, 1.82) is 0 Å². The summed E-state index contributed by atoms with van der Waals surface area (Å²) < 4.78 is 0. The number of amides is 1. The normalized spacial score (nSPS) is 23.4. The van der Waals surface area contributed by atoms with Gasteiger partial charge in [0.2, 0.25) is 5.91 Å². The van der Waals surface area contributed by atoms with E-state index in [4.69, 9.17) is 5.73 Å². The van der Waals surface area contributed by atoms with Crippen molar-refractivity contribution in [2.24, 2.45) is 11.1 Å². The van der Waals surface area contributed by atoms with Crippen LogP contribution in [0.1, 0.15) is 77.0 Å². The topological polar surface area (TPSA) is 55.1 Å². The fraction of sp³-hybridized carbons (Fsp3) is 0.938. The molecule has 2 saturated carbocycles. The lowest BCUT2D eigenvalue weighted by atomic mass is 9.71. The van der Waals surface area contributed by atoms with Crippen LogP contribution in [0.2, 0.25) is 0 Å². The molecule has 0 aromatic carbocycles. The Labute approximate surface area is 129 Å². The molecular formula is C16H31ClN2O. The van der Waals surface area contributed by atoms with Gasteiger partial charge in [0.1, 0.15) is 0 Å². The number of rotatable bonds is 4. The lowest BCUT2D eigenvalue weighted by molar-refractivity contribution is -0.124. The zero-order chi connectivity index (χ0) is 13.6. The van der Waals surface area contributed by atoms with Crippen LogP contribution >= 0.6 is 12.4 Å². The predicted molar refractivity (Wildman–Crippen MR) is 86.1 cm³/mol. The van der Waals surface area contributed by atoms with Crippen molar-refractivity contribution in [1.82, 2.24) is 5.32 Å².